The number of fused-ring (bicyclic) bond motifs is 2. The molecule has 0 saturated heterocycles. The third kappa shape index (κ3) is 2.39. The van der Waals surface area contributed by atoms with Gasteiger partial charge in [-0.3, -0.25) is 0 Å². The van der Waals surface area contributed by atoms with Crippen LogP contribution in [0.3, 0.4) is 0 Å². The van der Waals surface area contributed by atoms with Crippen molar-refractivity contribution < 1.29 is 4.74 Å². The smallest absolute Gasteiger partial charge is 0.159 e. The lowest BCUT2D eigenvalue weighted by Gasteiger charge is -2.11. The van der Waals surface area contributed by atoms with E-state index in [0.29, 0.717) is 6.10 Å². The van der Waals surface area contributed by atoms with Crippen LogP contribution >= 0.6 is 15.9 Å². The van der Waals surface area contributed by atoms with Gasteiger partial charge < -0.3 is 4.74 Å². The Kier molecular flexibility index (Phi) is 3.54. The average molecular weight is 321 g/mol. The second-order valence-electron chi connectivity index (χ2n) is 5.12. The van der Waals surface area contributed by atoms with Gasteiger partial charge in [0.05, 0.1) is 6.10 Å². The molecule has 0 aliphatic heterocycles. The molecular formula is C15H17BrN2O. The highest BCUT2D eigenvalue weighted by atomic mass is 79.9. The summed E-state index contributed by atoms with van der Waals surface area (Å²) >= 11 is 3.49. The van der Waals surface area contributed by atoms with E-state index >= 15 is 0 Å². The maximum absolute atomic E-state index is 5.51. The monoisotopic (exact) mass is 320 g/mol. The Morgan fingerprint density at radius 3 is 2.89 bits per heavy atom. The summed E-state index contributed by atoms with van der Waals surface area (Å²) < 4.78 is 6.52. The molecule has 0 amide bonds. The first-order valence-electron chi connectivity index (χ1n) is 6.65. The number of rotatable bonds is 1. The van der Waals surface area contributed by atoms with Gasteiger partial charge in [0.2, 0.25) is 0 Å². The fraction of sp³-hybridized carbons (Fsp3) is 0.467. The number of hydrogen-bond donors (Lipinski definition) is 0. The molecule has 0 saturated carbocycles. The van der Waals surface area contributed by atoms with E-state index in [0.717, 1.165) is 41.2 Å². The second-order valence-corrected chi connectivity index (χ2v) is 6.04. The Morgan fingerprint density at radius 1 is 1.32 bits per heavy atom. The molecule has 0 fully saturated rings. The van der Waals surface area contributed by atoms with Crippen molar-refractivity contribution in [2.45, 2.75) is 38.7 Å². The van der Waals surface area contributed by atoms with Gasteiger partial charge in [-0.15, -0.1) is 0 Å². The maximum Gasteiger partial charge on any atom is 0.159 e. The van der Waals surface area contributed by atoms with Crippen molar-refractivity contribution in [1.29, 1.82) is 0 Å². The highest BCUT2D eigenvalue weighted by molar-refractivity contribution is 9.10. The molecule has 2 heterocycles. The van der Waals surface area contributed by atoms with E-state index in [4.69, 9.17) is 9.72 Å². The van der Waals surface area contributed by atoms with Crippen molar-refractivity contribution in [2.75, 3.05) is 7.11 Å². The van der Waals surface area contributed by atoms with Gasteiger partial charge in [0.15, 0.2) is 5.65 Å². The zero-order chi connectivity index (χ0) is 13.4. The zero-order valence-corrected chi connectivity index (χ0v) is 12.8. The van der Waals surface area contributed by atoms with Gasteiger partial charge in [-0.2, -0.15) is 0 Å². The molecule has 3 rings (SSSR count). The van der Waals surface area contributed by atoms with Crippen LogP contribution in [0.4, 0.5) is 0 Å². The van der Waals surface area contributed by atoms with Crippen LogP contribution in [-0.2, 0) is 17.6 Å². The molecule has 0 spiro atoms. The minimum atomic E-state index is 0.358. The summed E-state index contributed by atoms with van der Waals surface area (Å²) in [5, 5.41) is 1.16. The lowest BCUT2D eigenvalue weighted by Crippen LogP contribution is -2.09. The van der Waals surface area contributed by atoms with Crippen LogP contribution < -0.4 is 0 Å². The zero-order valence-electron chi connectivity index (χ0n) is 11.2. The summed E-state index contributed by atoms with van der Waals surface area (Å²) in [7, 11) is 1.80. The Balaban J connectivity index is 2.14. The van der Waals surface area contributed by atoms with Crippen molar-refractivity contribution in [1.82, 2.24) is 9.97 Å². The lowest BCUT2D eigenvalue weighted by atomic mass is 10.00. The summed E-state index contributed by atoms with van der Waals surface area (Å²) in [6.45, 7) is 2.18. The average Bonchev–Trinajstić information content (AvgIpc) is 2.62. The minimum absolute atomic E-state index is 0.358. The number of aryl methyl sites for hydroxylation is 2. The molecule has 0 radical (unpaired) electrons. The molecule has 0 N–H and O–H groups in total. The van der Waals surface area contributed by atoms with Crippen LogP contribution in [0, 0.1) is 6.92 Å². The van der Waals surface area contributed by atoms with Crippen LogP contribution in [0.25, 0.3) is 11.0 Å². The molecule has 1 aliphatic rings. The molecule has 4 heteroatoms. The predicted molar refractivity (Wildman–Crippen MR) is 79.4 cm³/mol. The van der Waals surface area contributed by atoms with Gasteiger partial charge in [0, 0.05) is 28.9 Å². The number of methoxy groups -OCH3 is 1. The highest BCUT2D eigenvalue weighted by Gasteiger charge is 2.20. The third-order valence-electron chi connectivity index (χ3n) is 4.03. The quantitative estimate of drug-likeness (QED) is 0.753. The molecular weight excluding hydrogens is 304 g/mol. The van der Waals surface area contributed by atoms with E-state index in [-0.39, 0.29) is 0 Å². The standard InChI is InChI=1S/C15H17BrN2O/c1-9-12-5-3-11(19-2)4-6-14(12)18-15-13(9)7-10(16)8-17-15/h7-8,11H,3-6H2,1-2H3. The van der Waals surface area contributed by atoms with Crippen molar-refractivity contribution in [2.24, 2.45) is 0 Å². The lowest BCUT2D eigenvalue weighted by molar-refractivity contribution is 0.0906. The van der Waals surface area contributed by atoms with E-state index < -0.39 is 0 Å². The summed E-state index contributed by atoms with van der Waals surface area (Å²) in [6, 6.07) is 2.11. The number of hydrogen-bond acceptors (Lipinski definition) is 3. The third-order valence-corrected chi connectivity index (χ3v) is 4.47. The van der Waals surface area contributed by atoms with Gasteiger partial charge in [-0.1, -0.05) is 0 Å². The van der Waals surface area contributed by atoms with Crippen LogP contribution in [0.5, 0.6) is 0 Å². The first kappa shape index (κ1) is 13.0. The molecule has 2 aromatic rings. The molecule has 3 nitrogen and oxygen atoms in total. The van der Waals surface area contributed by atoms with Crippen LogP contribution in [-0.4, -0.2) is 23.2 Å². The minimum Gasteiger partial charge on any atom is -0.381 e. The van der Waals surface area contributed by atoms with Gasteiger partial charge in [0.25, 0.3) is 0 Å². The van der Waals surface area contributed by atoms with Crippen molar-refractivity contribution in [3.05, 3.63) is 33.6 Å². The second kappa shape index (κ2) is 5.17. The van der Waals surface area contributed by atoms with Gasteiger partial charge >= 0.3 is 0 Å². The number of ether oxygens (including phenoxy) is 1. The normalized spacial score (nSPS) is 19.2. The Morgan fingerprint density at radius 2 is 2.11 bits per heavy atom. The molecule has 0 bridgehead atoms. The number of pyridine rings is 2. The van der Waals surface area contributed by atoms with Crippen LogP contribution in [0.15, 0.2) is 16.7 Å². The first-order valence-corrected chi connectivity index (χ1v) is 7.44. The number of aromatic nitrogens is 2. The molecule has 2 aromatic heterocycles. The molecule has 19 heavy (non-hydrogen) atoms. The molecule has 100 valence electrons. The van der Waals surface area contributed by atoms with Crippen LogP contribution in [0.1, 0.15) is 29.7 Å². The largest absolute Gasteiger partial charge is 0.381 e. The fourth-order valence-electron chi connectivity index (χ4n) is 2.89. The molecule has 1 atom stereocenters. The summed E-state index contributed by atoms with van der Waals surface area (Å²) in [6.07, 6.45) is 6.35. The Hall–Kier alpha value is -1.00. The van der Waals surface area contributed by atoms with Gasteiger partial charge in [-0.25, -0.2) is 9.97 Å². The van der Waals surface area contributed by atoms with Crippen molar-refractivity contribution in [3.8, 4) is 0 Å². The summed E-state index contributed by atoms with van der Waals surface area (Å²) in [5.41, 5.74) is 4.78. The van der Waals surface area contributed by atoms with E-state index in [1.807, 2.05) is 6.20 Å². The first-order chi connectivity index (χ1) is 9.19. The Labute approximate surface area is 121 Å². The van der Waals surface area contributed by atoms with Crippen LogP contribution in [0.2, 0.25) is 0 Å². The molecule has 1 unspecified atom stereocenters. The maximum atomic E-state index is 5.51. The number of nitrogens with zero attached hydrogens (tertiary/aromatic N) is 2. The SMILES string of the molecule is COC1CCc2nc3ncc(Br)cc3c(C)c2CC1. The van der Waals surface area contributed by atoms with E-state index in [9.17, 15) is 0 Å². The van der Waals surface area contributed by atoms with Gasteiger partial charge in [0.1, 0.15) is 0 Å². The van der Waals surface area contributed by atoms with Crippen molar-refractivity contribution in [3.63, 3.8) is 0 Å². The van der Waals surface area contributed by atoms with E-state index in [1.165, 1.54) is 16.8 Å². The fourth-order valence-corrected chi connectivity index (χ4v) is 3.22. The highest BCUT2D eigenvalue weighted by Crippen LogP contribution is 2.29. The van der Waals surface area contributed by atoms with E-state index in [1.54, 1.807) is 7.11 Å². The molecule has 0 aromatic carbocycles. The van der Waals surface area contributed by atoms with Crippen molar-refractivity contribution >= 4 is 27.0 Å². The van der Waals surface area contributed by atoms with E-state index in [2.05, 4.69) is 33.9 Å². The van der Waals surface area contributed by atoms with Gasteiger partial charge in [-0.05, 0) is 65.7 Å². The topological polar surface area (TPSA) is 35.0 Å². The summed E-state index contributed by atoms with van der Waals surface area (Å²) in [5.74, 6) is 0. The number of halogens is 1. The predicted octanol–water partition coefficient (Wildman–Crippen LogP) is 3.59. The summed E-state index contributed by atoms with van der Waals surface area (Å²) in [4.78, 5) is 9.19. The molecule has 1 aliphatic carbocycles. The Bertz CT molecular complexity index is 627.